The number of hydrogen-bond donors (Lipinski definition) is 0. The molecule has 0 radical (unpaired) electrons. The van der Waals surface area contributed by atoms with Crippen LogP contribution in [0.4, 0.5) is 0 Å². The minimum absolute atomic E-state index is 0.0745. The Morgan fingerprint density at radius 2 is 2.09 bits per heavy atom. The number of rotatable bonds is 5. The van der Waals surface area contributed by atoms with Crippen LogP contribution in [0.2, 0.25) is 0 Å². The molecule has 0 saturated heterocycles. The van der Waals surface area contributed by atoms with E-state index in [9.17, 15) is 4.79 Å². The fourth-order valence-electron chi connectivity index (χ4n) is 0.998. The van der Waals surface area contributed by atoms with Gasteiger partial charge in [-0.2, -0.15) is 0 Å². The standard InChI is InChI=1S/C10H16O/c1-5-7-10(6-2)8(3)9(4)11/h5-6,8,10H,1-2,7H2,3-4H3. The zero-order chi connectivity index (χ0) is 8.85. The Morgan fingerprint density at radius 3 is 2.36 bits per heavy atom. The zero-order valence-electron chi connectivity index (χ0n) is 7.34. The van der Waals surface area contributed by atoms with Crippen molar-refractivity contribution in [3.63, 3.8) is 0 Å². The molecule has 0 N–H and O–H groups in total. The second-order valence-electron chi connectivity index (χ2n) is 2.82. The second kappa shape index (κ2) is 4.89. The lowest BCUT2D eigenvalue weighted by Gasteiger charge is -2.15. The normalized spacial score (nSPS) is 15.1. The number of hydrogen-bond acceptors (Lipinski definition) is 1. The first-order valence-electron chi connectivity index (χ1n) is 3.87. The van der Waals surface area contributed by atoms with Crippen LogP contribution in [0.15, 0.2) is 25.3 Å². The number of allylic oxidation sites excluding steroid dienone is 2. The van der Waals surface area contributed by atoms with Crippen LogP contribution in [0.25, 0.3) is 0 Å². The van der Waals surface area contributed by atoms with E-state index in [0.29, 0.717) is 0 Å². The molecule has 0 amide bonds. The molecule has 2 unspecified atom stereocenters. The molecule has 1 nitrogen and oxygen atoms in total. The monoisotopic (exact) mass is 152 g/mol. The largest absolute Gasteiger partial charge is 0.300 e. The third-order valence-electron chi connectivity index (χ3n) is 2.03. The molecule has 0 aromatic rings. The SMILES string of the molecule is C=CCC(C=C)C(C)C(C)=O. The van der Waals surface area contributed by atoms with E-state index in [1.54, 1.807) is 6.92 Å². The lowest BCUT2D eigenvalue weighted by molar-refractivity contribution is -0.121. The third-order valence-corrected chi connectivity index (χ3v) is 2.03. The van der Waals surface area contributed by atoms with Crippen LogP contribution in [0.5, 0.6) is 0 Å². The van der Waals surface area contributed by atoms with Crippen molar-refractivity contribution in [2.24, 2.45) is 11.8 Å². The molecule has 0 spiro atoms. The van der Waals surface area contributed by atoms with Crippen molar-refractivity contribution in [2.75, 3.05) is 0 Å². The van der Waals surface area contributed by atoms with E-state index in [0.717, 1.165) is 6.42 Å². The summed E-state index contributed by atoms with van der Waals surface area (Å²) in [4.78, 5) is 10.9. The highest BCUT2D eigenvalue weighted by atomic mass is 16.1. The predicted molar refractivity (Wildman–Crippen MR) is 48.3 cm³/mol. The molecule has 0 aromatic heterocycles. The first kappa shape index (κ1) is 10.2. The van der Waals surface area contributed by atoms with E-state index in [1.165, 1.54) is 0 Å². The van der Waals surface area contributed by atoms with Crippen molar-refractivity contribution in [3.05, 3.63) is 25.3 Å². The first-order chi connectivity index (χ1) is 5.13. The summed E-state index contributed by atoms with van der Waals surface area (Å²) in [5.74, 6) is 0.548. The van der Waals surface area contributed by atoms with Gasteiger partial charge in [0.15, 0.2) is 0 Å². The Morgan fingerprint density at radius 1 is 1.55 bits per heavy atom. The molecule has 0 heterocycles. The summed E-state index contributed by atoms with van der Waals surface area (Å²) in [5.41, 5.74) is 0. The molecule has 0 aromatic carbocycles. The molecular formula is C10H16O. The number of carbonyl (C=O) groups excluding carboxylic acids is 1. The predicted octanol–water partition coefficient (Wildman–Crippen LogP) is 2.59. The van der Waals surface area contributed by atoms with Gasteiger partial charge in [0.25, 0.3) is 0 Å². The highest BCUT2D eigenvalue weighted by molar-refractivity contribution is 5.78. The Kier molecular flexibility index (Phi) is 4.51. The van der Waals surface area contributed by atoms with E-state index in [4.69, 9.17) is 0 Å². The molecule has 0 aliphatic heterocycles. The summed E-state index contributed by atoms with van der Waals surface area (Å²) in [5, 5.41) is 0. The van der Waals surface area contributed by atoms with Gasteiger partial charge in [-0.05, 0) is 19.3 Å². The summed E-state index contributed by atoms with van der Waals surface area (Å²) in [7, 11) is 0. The highest BCUT2D eigenvalue weighted by Crippen LogP contribution is 2.17. The Balaban J connectivity index is 4.11. The van der Waals surface area contributed by atoms with Gasteiger partial charge in [0, 0.05) is 5.92 Å². The van der Waals surface area contributed by atoms with Crippen LogP contribution in [0.1, 0.15) is 20.3 Å². The van der Waals surface area contributed by atoms with E-state index in [2.05, 4.69) is 13.2 Å². The van der Waals surface area contributed by atoms with Crippen LogP contribution < -0.4 is 0 Å². The molecule has 62 valence electrons. The van der Waals surface area contributed by atoms with Crippen LogP contribution in [-0.4, -0.2) is 5.78 Å². The molecule has 11 heavy (non-hydrogen) atoms. The summed E-state index contributed by atoms with van der Waals surface area (Å²) in [6.07, 6.45) is 4.49. The summed E-state index contributed by atoms with van der Waals surface area (Å²) < 4.78 is 0. The minimum Gasteiger partial charge on any atom is -0.300 e. The van der Waals surface area contributed by atoms with Gasteiger partial charge in [-0.3, -0.25) is 4.79 Å². The van der Waals surface area contributed by atoms with E-state index in [-0.39, 0.29) is 17.6 Å². The molecule has 0 aliphatic rings. The number of ketones is 1. The highest BCUT2D eigenvalue weighted by Gasteiger charge is 2.15. The van der Waals surface area contributed by atoms with Gasteiger partial charge in [-0.15, -0.1) is 13.2 Å². The maximum atomic E-state index is 10.9. The van der Waals surface area contributed by atoms with Crippen molar-refractivity contribution in [3.8, 4) is 0 Å². The molecule has 0 rings (SSSR count). The average Bonchev–Trinajstić information content (AvgIpc) is 1.98. The van der Waals surface area contributed by atoms with Crippen LogP contribution in [0.3, 0.4) is 0 Å². The summed E-state index contributed by atoms with van der Waals surface area (Å²) in [6.45, 7) is 10.9. The molecule has 0 saturated carbocycles. The van der Waals surface area contributed by atoms with Crippen LogP contribution in [0, 0.1) is 11.8 Å². The van der Waals surface area contributed by atoms with E-state index >= 15 is 0 Å². The number of carbonyl (C=O) groups is 1. The van der Waals surface area contributed by atoms with Crippen molar-refractivity contribution in [2.45, 2.75) is 20.3 Å². The lowest BCUT2D eigenvalue weighted by atomic mass is 9.88. The first-order valence-corrected chi connectivity index (χ1v) is 3.87. The van der Waals surface area contributed by atoms with Crippen LogP contribution in [-0.2, 0) is 4.79 Å². The van der Waals surface area contributed by atoms with Gasteiger partial charge in [-0.1, -0.05) is 19.1 Å². The zero-order valence-corrected chi connectivity index (χ0v) is 7.34. The molecule has 1 heteroatoms. The maximum Gasteiger partial charge on any atom is 0.133 e. The fourth-order valence-corrected chi connectivity index (χ4v) is 0.998. The summed E-state index contributed by atoms with van der Waals surface area (Å²) in [6, 6.07) is 0. The third kappa shape index (κ3) is 3.17. The maximum absolute atomic E-state index is 10.9. The van der Waals surface area contributed by atoms with Crippen molar-refractivity contribution >= 4 is 5.78 Å². The van der Waals surface area contributed by atoms with Crippen LogP contribution >= 0.6 is 0 Å². The Hall–Kier alpha value is -0.850. The molecule has 0 aliphatic carbocycles. The molecular weight excluding hydrogens is 136 g/mol. The average molecular weight is 152 g/mol. The van der Waals surface area contributed by atoms with Gasteiger partial charge in [0.2, 0.25) is 0 Å². The van der Waals surface area contributed by atoms with Gasteiger partial charge in [0.1, 0.15) is 5.78 Å². The smallest absolute Gasteiger partial charge is 0.133 e. The van der Waals surface area contributed by atoms with Gasteiger partial charge >= 0.3 is 0 Å². The van der Waals surface area contributed by atoms with E-state index in [1.807, 2.05) is 19.1 Å². The fraction of sp³-hybridized carbons (Fsp3) is 0.500. The van der Waals surface area contributed by atoms with Gasteiger partial charge in [0.05, 0.1) is 0 Å². The summed E-state index contributed by atoms with van der Waals surface area (Å²) >= 11 is 0. The van der Waals surface area contributed by atoms with Crippen molar-refractivity contribution in [1.29, 1.82) is 0 Å². The van der Waals surface area contributed by atoms with Crippen molar-refractivity contribution in [1.82, 2.24) is 0 Å². The topological polar surface area (TPSA) is 17.1 Å². The van der Waals surface area contributed by atoms with Gasteiger partial charge in [-0.25, -0.2) is 0 Å². The van der Waals surface area contributed by atoms with Crippen molar-refractivity contribution < 1.29 is 4.79 Å². The molecule has 0 bridgehead atoms. The quantitative estimate of drug-likeness (QED) is 0.553. The second-order valence-corrected chi connectivity index (χ2v) is 2.82. The lowest BCUT2D eigenvalue weighted by Crippen LogP contribution is -2.16. The Bertz CT molecular complexity index is 158. The minimum atomic E-state index is 0.0745. The Labute approximate surface area is 68.8 Å². The number of Topliss-reactive ketones (excluding diaryl/α,β-unsaturated/α-hetero) is 1. The molecule has 0 fully saturated rings. The van der Waals surface area contributed by atoms with E-state index < -0.39 is 0 Å². The molecule has 2 atom stereocenters. The van der Waals surface area contributed by atoms with Gasteiger partial charge < -0.3 is 0 Å².